The molecule has 2 unspecified atom stereocenters. The van der Waals surface area contributed by atoms with Crippen LogP contribution in [0.2, 0.25) is 0 Å². The van der Waals surface area contributed by atoms with E-state index in [1.165, 1.54) is 11.1 Å². The van der Waals surface area contributed by atoms with Gasteiger partial charge >= 0.3 is 0 Å². The van der Waals surface area contributed by atoms with Gasteiger partial charge in [-0.25, -0.2) is 0 Å². The number of hydrogen-bond donors (Lipinski definition) is 2. The van der Waals surface area contributed by atoms with Crippen LogP contribution < -0.4 is 15.4 Å². The summed E-state index contributed by atoms with van der Waals surface area (Å²) in [6.07, 6.45) is 1.50. The first kappa shape index (κ1) is 13.9. The van der Waals surface area contributed by atoms with Crippen molar-refractivity contribution in [3.05, 3.63) is 29.3 Å². The Bertz CT molecular complexity index is 449. The fourth-order valence-electron chi connectivity index (χ4n) is 2.51. The zero-order chi connectivity index (χ0) is 13.8. The lowest BCUT2D eigenvalue weighted by atomic mass is 10.0. The van der Waals surface area contributed by atoms with Crippen LogP contribution in [0.15, 0.2) is 18.2 Å². The molecule has 1 fully saturated rings. The van der Waals surface area contributed by atoms with E-state index in [4.69, 9.17) is 4.74 Å². The van der Waals surface area contributed by atoms with Crippen LogP contribution in [0.3, 0.4) is 0 Å². The summed E-state index contributed by atoms with van der Waals surface area (Å²) < 4.78 is 5.42. The van der Waals surface area contributed by atoms with Gasteiger partial charge in [-0.15, -0.1) is 0 Å². The summed E-state index contributed by atoms with van der Waals surface area (Å²) in [5.41, 5.74) is 2.39. The van der Waals surface area contributed by atoms with Gasteiger partial charge in [0.25, 0.3) is 0 Å². The Kier molecular flexibility index (Phi) is 4.43. The monoisotopic (exact) mass is 262 g/mol. The number of ether oxygens (including phenoxy) is 1. The molecule has 4 heteroatoms. The van der Waals surface area contributed by atoms with E-state index >= 15 is 0 Å². The Hall–Kier alpha value is -1.55. The number of hydrogen-bond acceptors (Lipinski definition) is 3. The van der Waals surface area contributed by atoms with Crippen LogP contribution in [0, 0.1) is 6.92 Å². The zero-order valence-corrected chi connectivity index (χ0v) is 11.8. The average Bonchev–Trinajstić information content (AvgIpc) is 2.41. The maximum Gasteiger partial charge on any atom is 0.220 e. The smallest absolute Gasteiger partial charge is 0.220 e. The molecule has 0 bridgehead atoms. The van der Waals surface area contributed by atoms with E-state index in [0.717, 1.165) is 12.2 Å². The van der Waals surface area contributed by atoms with Gasteiger partial charge in [0.2, 0.25) is 5.91 Å². The first-order chi connectivity index (χ1) is 9.10. The quantitative estimate of drug-likeness (QED) is 0.871. The molecule has 4 nitrogen and oxygen atoms in total. The number of piperidine rings is 1. The molecule has 2 atom stereocenters. The largest absolute Gasteiger partial charge is 0.496 e. The summed E-state index contributed by atoms with van der Waals surface area (Å²) in [5, 5.41) is 6.46. The molecule has 1 heterocycles. The summed E-state index contributed by atoms with van der Waals surface area (Å²) in [6, 6.07) is 6.74. The molecular formula is C15H22N2O2. The van der Waals surface area contributed by atoms with Crippen LogP contribution in [-0.4, -0.2) is 25.6 Å². The maximum atomic E-state index is 11.2. The van der Waals surface area contributed by atoms with Crippen molar-refractivity contribution in [1.29, 1.82) is 0 Å². The topological polar surface area (TPSA) is 50.4 Å². The first-order valence-corrected chi connectivity index (χ1v) is 6.77. The Morgan fingerprint density at radius 1 is 1.47 bits per heavy atom. The minimum atomic E-state index is 0.152. The van der Waals surface area contributed by atoms with Crippen LogP contribution >= 0.6 is 0 Å². The predicted molar refractivity (Wildman–Crippen MR) is 75.3 cm³/mol. The third kappa shape index (κ3) is 3.47. The summed E-state index contributed by atoms with van der Waals surface area (Å²) in [6.45, 7) is 4.92. The fraction of sp³-hybridized carbons (Fsp3) is 0.533. The third-order valence-electron chi connectivity index (χ3n) is 3.60. The number of carbonyl (C=O) groups excluding carboxylic acids is 1. The molecule has 19 heavy (non-hydrogen) atoms. The molecular weight excluding hydrogens is 240 g/mol. The lowest BCUT2D eigenvalue weighted by Crippen LogP contribution is -2.46. The predicted octanol–water partition coefficient (Wildman–Crippen LogP) is 1.93. The van der Waals surface area contributed by atoms with Crippen LogP contribution in [0.4, 0.5) is 0 Å². The molecule has 0 radical (unpaired) electrons. The second kappa shape index (κ2) is 6.06. The normalized spacial score (nSPS) is 20.8. The first-order valence-electron chi connectivity index (χ1n) is 6.77. The molecule has 1 aliphatic rings. The molecule has 2 rings (SSSR count). The van der Waals surface area contributed by atoms with Gasteiger partial charge in [0.15, 0.2) is 0 Å². The van der Waals surface area contributed by atoms with Crippen LogP contribution in [0.25, 0.3) is 0 Å². The molecule has 0 spiro atoms. The molecule has 104 valence electrons. The van der Waals surface area contributed by atoms with Gasteiger partial charge < -0.3 is 15.4 Å². The summed E-state index contributed by atoms with van der Waals surface area (Å²) in [7, 11) is 1.70. The van der Waals surface area contributed by atoms with Gasteiger partial charge in [-0.2, -0.15) is 0 Å². The van der Waals surface area contributed by atoms with Crippen molar-refractivity contribution >= 4 is 5.91 Å². The van der Waals surface area contributed by atoms with Crippen molar-refractivity contribution in [2.45, 2.75) is 38.8 Å². The SMILES string of the molecule is COc1ccc(C)cc1C(C)NC1CCC(=O)NC1. The number of amides is 1. The average molecular weight is 262 g/mol. The Morgan fingerprint density at radius 3 is 2.89 bits per heavy atom. The molecule has 1 aromatic rings. The van der Waals surface area contributed by atoms with E-state index in [0.29, 0.717) is 19.0 Å². The molecule has 1 aromatic carbocycles. The number of methoxy groups -OCH3 is 1. The molecule has 2 N–H and O–H groups in total. The van der Waals surface area contributed by atoms with Crippen molar-refractivity contribution in [3.8, 4) is 5.75 Å². The van der Waals surface area contributed by atoms with Gasteiger partial charge in [0.1, 0.15) is 5.75 Å². The van der Waals surface area contributed by atoms with Gasteiger partial charge in [-0.05, 0) is 26.3 Å². The standard InChI is InChI=1S/C15H22N2O2/c1-10-4-6-14(19-3)13(8-10)11(2)17-12-5-7-15(18)16-9-12/h4,6,8,11-12,17H,5,7,9H2,1-3H3,(H,16,18). The van der Waals surface area contributed by atoms with Gasteiger partial charge in [-0.1, -0.05) is 17.7 Å². The van der Waals surface area contributed by atoms with E-state index in [9.17, 15) is 4.79 Å². The summed E-state index contributed by atoms with van der Waals surface area (Å²) >= 11 is 0. The van der Waals surface area contributed by atoms with E-state index in [1.807, 2.05) is 6.07 Å². The molecule has 0 aliphatic carbocycles. The highest BCUT2D eigenvalue weighted by molar-refractivity contribution is 5.76. The summed E-state index contributed by atoms with van der Waals surface area (Å²) in [5.74, 6) is 1.06. The van der Waals surface area contributed by atoms with Crippen molar-refractivity contribution < 1.29 is 9.53 Å². The van der Waals surface area contributed by atoms with Crippen LogP contribution in [-0.2, 0) is 4.79 Å². The van der Waals surface area contributed by atoms with E-state index in [2.05, 4.69) is 36.6 Å². The Balaban J connectivity index is 2.04. The maximum absolute atomic E-state index is 11.2. The van der Waals surface area contributed by atoms with Crippen molar-refractivity contribution in [2.24, 2.45) is 0 Å². The third-order valence-corrected chi connectivity index (χ3v) is 3.60. The van der Waals surface area contributed by atoms with E-state index < -0.39 is 0 Å². The fourth-order valence-corrected chi connectivity index (χ4v) is 2.51. The van der Waals surface area contributed by atoms with Crippen LogP contribution in [0.1, 0.15) is 36.9 Å². The van der Waals surface area contributed by atoms with Crippen LogP contribution in [0.5, 0.6) is 5.75 Å². The van der Waals surface area contributed by atoms with Gasteiger partial charge in [0, 0.05) is 30.6 Å². The lowest BCUT2D eigenvalue weighted by Gasteiger charge is -2.28. The number of benzene rings is 1. The molecule has 0 saturated carbocycles. The summed E-state index contributed by atoms with van der Waals surface area (Å²) in [4.78, 5) is 11.2. The molecule has 1 amide bonds. The molecule has 0 aromatic heterocycles. The Labute approximate surface area is 114 Å². The lowest BCUT2D eigenvalue weighted by molar-refractivity contribution is -0.122. The van der Waals surface area contributed by atoms with Gasteiger partial charge in [-0.3, -0.25) is 4.79 Å². The van der Waals surface area contributed by atoms with Crippen molar-refractivity contribution in [2.75, 3.05) is 13.7 Å². The number of aryl methyl sites for hydroxylation is 1. The highest BCUT2D eigenvalue weighted by Crippen LogP contribution is 2.26. The zero-order valence-electron chi connectivity index (χ0n) is 11.8. The number of rotatable bonds is 4. The highest BCUT2D eigenvalue weighted by atomic mass is 16.5. The minimum Gasteiger partial charge on any atom is -0.496 e. The van der Waals surface area contributed by atoms with Gasteiger partial charge in [0.05, 0.1) is 7.11 Å². The van der Waals surface area contributed by atoms with Crippen molar-refractivity contribution in [1.82, 2.24) is 10.6 Å². The molecule has 1 saturated heterocycles. The highest BCUT2D eigenvalue weighted by Gasteiger charge is 2.21. The van der Waals surface area contributed by atoms with E-state index in [1.54, 1.807) is 7.11 Å². The second-order valence-corrected chi connectivity index (χ2v) is 5.17. The number of nitrogens with one attached hydrogen (secondary N) is 2. The number of carbonyl (C=O) groups is 1. The second-order valence-electron chi connectivity index (χ2n) is 5.17. The molecule has 1 aliphatic heterocycles. The minimum absolute atomic E-state index is 0.152. The van der Waals surface area contributed by atoms with Crippen molar-refractivity contribution in [3.63, 3.8) is 0 Å². The Morgan fingerprint density at radius 2 is 2.26 bits per heavy atom. The van der Waals surface area contributed by atoms with E-state index in [-0.39, 0.29) is 11.9 Å².